The molecule has 1 aromatic rings. The maximum absolute atomic E-state index is 11.4. The zero-order chi connectivity index (χ0) is 14.3. The van der Waals surface area contributed by atoms with Gasteiger partial charge in [-0.3, -0.25) is 14.9 Å². The summed E-state index contributed by atoms with van der Waals surface area (Å²) < 4.78 is 4.63. The number of carbonyl (C=O) groups is 2. The first-order chi connectivity index (χ1) is 9.02. The SMILES string of the molecule is CCOC(=O)CNC(=O)Nc1ccc([N+](=O)[O-])cc1. The molecule has 0 spiro atoms. The lowest BCUT2D eigenvalue weighted by Crippen LogP contribution is -2.34. The van der Waals surface area contributed by atoms with Gasteiger partial charge in [0.05, 0.1) is 11.5 Å². The number of hydrogen-bond donors (Lipinski definition) is 2. The van der Waals surface area contributed by atoms with Crippen molar-refractivity contribution >= 4 is 23.4 Å². The number of non-ortho nitro benzene ring substituents is 1. The van der Waals surface area contributed by atoms with Crippen LogP contribution in [0.25, 0.3) is 0 Å². The average Bonchev–Trinajstić information content (AvgIpc) is 2.37. The summed E-state index contributed by atoms with van der Waals surface area (Å²) in [5, 5.41) is 15.1. The van der Waals surface area contributed by atoms with Gasteiger partial charge >= 0.3 is 12.0 Å². The fourth-order valence-corrected chi connectivity index (χ4v) is 1.21. The molecule has 0 bridgehead atoms. The van der Waals surface area contributed by atoms with Crippen LogP contribution in [0.15, 0.2) is 24.3 Å². The van der Waals surface area contributed by atoms with Gasteiger partial charge in [0.2, 0.25) is 0 Å². The highest BCUT2D eigenvalue weighted by molar-refractivity contribution is 5.91. The van der Waals surface area contributed by atoms with Crippen molar-refractivity contribution < 1.29 is 19.2 Å². The van der Waals surface area contributed by atoms with Gasteiger partial charge in [0.15, 0.2) is 0 Å². The Morgan fingerprint density at radius 3 is 2.47 bits per heavy atom. The second-order valence-corrected chi connectivity index (χ2v) is 3.42. The molecule has 2 amide bonds. The van der Waals surface area contributed by atoms with E-state index in [0.717, 1.165) is 0 Å². The van der Waals surface area contributed by atoms with E-state index in [2.05, 4.69) is 15.4 Å². The monoisotopic (exact) mass is 267 g/mol. The zero-order valence-corrected chi connectivity index (χ0v) is 10.2. The smallest absolute Gasteiger partial charge is 0.325 e. The van der Waals surface area contributed by atoms with E-state index < -0.39 is 16.9 Å². The summed E-state index contributed by atoms with van der Waals surface area (Å²) in [5.74, 6) is -0.540. The number of nitro groups is 1. The van der Waals surface area contributed by atoms with Gasteiger partial charge in [-0.2, -0.15) is 0 Å². The van der Waals surface area contributed by atoms with Crippen molar-refractivity contribution in [1.82, 2.24) is 5.32 Å². The van der Waals surface area contributed by atoms with Crippen molar-refractivity contribution in [2.24, 2.45) is 0 Å². The molecule has 0 radical (unpaired) electrons. The first-order valence-corrected chi connectivity index (χ1v) is 5.48. The van der Waals surface area contributed by atoms with E-state index in [4.69, 9.17) is 0 Å². The number of urea groups is 1. The normalized spacial score (nSPS) is 9.53. The minimum atomic E-state index is -0.595. The molecule has 8 heteroatoms. The number of nitrogens with one attached hydrogen (secondary N) is 2. The minimum absolute atomic E-state index is 0.0718. The van der Waals surface area contributed by atoms with Crippen molar-refractivity contribution in [3.8, 4) is 0 Å². The van der Waals surface area contributed by atoms with E-state index >= 15 is 0 Å². The van der Waals surface area contributed by atoms with Crippen LogP contribution < -0.4 is 10.6 Å². The highest BCUT2D eigenvalue weighted by Gasteiger charge is 2.07. The second kappa shape index (κ2) is 6.94. The number of nitro benzene ring substituents is 1. The van der Waals surface area contributed by atoms with Crippen LogP contribution in [-0.2, 0) is 9.53 Å². The highest BCUT2D eigenvalue weighted by Crippen LogP contribution is 2.14. The molecule has 0 atom stereocenters. The summed E-state index contributed by atoms with van der Waals surface area (Å²) in [7, 11) is 0. The molecule has 19 heavy (non-hydrogen) atoms. The van der Waals surface area contributed by atoms with Crippen LogP contribution >= 0.6 is 0 Å². The van der Waals surface area contributed by atoms with E-state index in [1.807, 2.05) is 0 Å². The molecule has 2 N–H and O–H groups in total. The van der Waals surface area contributed by atoms with Gasteiger partial charge < -0.3 is 15.4 Å². The number of ether oxygens (including phenoxy) is 1. The quantitative estimate of drug-likeness (QED) is 0.474. The maximum Gasteiger partial charge on any atom is 0.325 e. The third kappa shape index (κ3) is 5.02. The van der Waals surface area contributed by atoms with Gasteiger partial charge in [-0.1, -0.05) is 0 Å². The molecule has 0 aromatic heterocycles. The topological polar surface area (TPSA) is 111 Å². The number of esters is 1. The number of carbonyl (C=O) groups excluding carboxylic acids is 2. The average molecular weight is 267 g/mol. The van der Waals surface area contributed by atoms with Crippen molar-refractivity contribution in [3.63, 3.8) is 0 Å². The fourth-order valence-electron chi connectivity index (χ4n) is 1.21. The Balaban J connectivity index is 2.44. The first kappa shape index (κ1) is 14.4. The molecule has 0 saturated carbocycles. The Morgan fingerprint density at radius 1 is 1.32 bits per heavy atom. The first-order valence-electron chi connectivity index (χ1n) is 5.48. The van der Waals surface area contributed by atoms with Gasteiger partial charge in [-0.05, 0) is 19.1 Å². The number of anilines is 1. The molecule has 0 aliphatic heterocycles. The number of nitrogens with zero attached hydrogens (tertiary/aromatic N) is 1. The van der Waals surface area contributed by atoms with E-state index in [0.29, 0.717) is 5.69 Å². The molecule has 1 rings (SSSR count). The molecule has 0 unspecified atom stereocenters. The third-order valence-electron chi connectivity index (χ3n) is 2.03. The van der Waals surface area contributed by atoms with Gasteiger partial charge in [-0.25, -0.2) is 4.79 Å². The Kier molecular flexibility index (Phi) is 5.27. The lowest BCUT2D eigenvalue weighted by Gasteiger charge is -2.06. The highest BCUT2D eigenvalue weighted by atomic mass is 16.6. The molecular formula is C11H13N3O5. The number of amides is 2. The predicted octanol–water partition coefficient (Wildman–Crippen LogP) is 1.28. The summed E-state index contributed by atoms with van der Waals surface area (Å²) >= 11 is 0. The Morgan fingerprint density at radius 2 is 1.95 bits per heavy atom. The molecule has 8 nitrogen and oxygen atoms in total. The summed E-state index contributed by atoms with van der Waals surface area (Å²) in [4.78, 5) is 32.2. The van der Waals surface area contributed by atoms with Crippen LogP contribution in [0.5, 0.6) is 0 Å². The molecule has 1 aromatic carbocycles. The van der Waals surface area contributed by atoms with Crippen LogP contribution in [0, 0.1) is 10.1 Å². The summed E-state index contributed by atoms with van der Waals surface area (Å²) in [6.45, 7) is 1.66. The maximum atomic E-state index is 11.4. The number of benzene rings is 1. The van der Waals surface area contributed by atoms with E-state index in [-0.39, 0.29) is 18.8 Å². The molecular weight excluding hydrogens is 254 g/mol. The van der Waals surface area contributed by atoms with E-state index in [1.165, 1.54) is 24.3 Å². The Bertz CT molecular complexity index is 472. The molecule has 102 valence electrons. The van der Waals surface area contributed by atoms with Crippen LogP contribution in [-0.4, -0.2) is 30.1 Å². The summed E-state index contributed by atoms with van der Waals surface area (Å²) in [5.41, 5.74) is 0.310. The third-order valence-corrected chi connectivity index (χ3v) is 2.03. The molecule has 0 saturated heterocycles. The van der Waals surface area contributed by atoms with Gasteiger partial charge in [0.1, 0.15) is 6.54 Å². The molecule has 0 aliphatic carbocycles. The van der Waals surface area contributed by atoms with E-state index in [9.17, 15) is 19.7 Å². The summed E-state index contributed by atoms with van der Waals surface area (Å²) in [6, 6.07) is 4.72. The van der Waals surface area contributed by atoms with Gasteiger partial charge in [-0.15, -0.1) is 0 Å². The molecule has 0 fully saturated rings. The zero-order valence-electron chi connectivity index (χ0n) is 10.2. The second-order valence-electron chi connectivity index (χ2n) is 3.42. The minimum Gasteiger partial charge on any atom is -0.465 e. The standard InChI is InChI=1S/C11H13N3O5/c1-2-19-10(15)7-12-11(16)13-8-3-5-9(6-4-8)14(17)18/h3-6H,2,7H2,1H3,(H2,12,13,16). The lowest BCUT2D eigenvalue weighted by molar-refractivity contribution is -0.384. The lowest BCUT2D eigenvalue weighted by atomic mass is 10.3. The van der Waals surface area contributed by atoms with E-state index in [1.54, 1.807) is 6.92 Å². The van der Waals surface area contributed by atoms with Crippen LogP contribution in [0.4, 0.5) is 16.2 Å². The fraction of sp³-hybridized carbons (Fsp3) is 0.273. The van der Waals surface area contributed by atoms with Crippen LogP contribution in [0.3, 0.4) is 0 Å². The van der Waals surface area contributed by atoms with Gasteiger partial charge in [0.25, 0.3) is 5.69 Å². The Hall–Kier alpha value is -2.64. The van der Waals surface area contributed by atoms with Crippen molar-refractivity contribution in [3.05, 3.63) is 34.4 Å². The number of hydrogen-bond acceptors (Lipinski definition) is 5. The Labute approximate surface area is 108 Å². The molecule has 0 aliphatic rings. The van der Waals surface area contributed by atoms with Gasteiger partial charge in [0, 0.05) is 17.8 Å². The van der Waals surface area contributed by atoms with Crippen molar-refractivity contribution in [1.29, 1.82) is 0 Å². The summed E-state index contributed by atoms with van der Waals surface area (Å²) in [6.07, 6.45) is 0. The predicted molar refractivity (Wildman–Crippen MR) is 66.8 cm³/mol. The molecule has 0 heterocycles. The van der Waals surface area contributed by atoms with Crippen LogP contribution in [0.1, 0.15) is 6.92 Å². The van der Waals surface area contributed by atoms with Crippen LogP contribution in [0.2, 0.25) is 0 Å². The van der Waals surface area contributed by atoms with Crippen molar-refractivity contribution in [2.45, 2.75) is 6.92 Å². The number of rotatable bonds is 5. The largest absolute Gasteiger partial charge is 0.465 e. The van der Waals surface area contributed by atoms with Crippen molar-refractivity contribution in [2.75, 3.05) is 18.5 Å².